The van der Waals surface area contributed by atoms with Gasteiger partial charge in [0, 0.05) is 17.7 Å². The lowest BCUT2D eigenvalue weighted by molar-refractivity contribution is 1.22. The van der Waals surface area contributed by atoms with Gasteiger partial charge in [0.05, 0.1) is 0 Å². The maximum Gasteiger partial charge on any atom is 0.0347 e. The van der Waals surface area contributed by atoms with E-state index in [1.165, 1.54) is 0 Å². The first-order chi connectivity index (χ1) is 3.81. The molecule has 0 saturated heterocycles. The van der Waals surface area contributed by atoms with E-state index in [2.05, 4.69) is 33.9 Å². The van der Waals surface area contributed by atoms with E-state index in [4.69, 9.17) is 0 Å². The summed E-state index contributed by atoms with van der Waals surface area (Å²) in [6.07, 6.45) is 4.89. The first kappa shape index (κ1) is 7.89. The number of nitrogens with zero attached hydrogens (tertiary/aromatic N) is 1. The van der Waals surface area contributed by atoms with Gasteiger partial charge < -0.3 is 0 Å². The molecule has 0 N–H and O–H groups in total. The van der Waals surface area contributed by atoms with Crippen molar-refractivity contribution in [2.45, 2.75) is 13.3 Å². The lowest BCUT2D eigenvalue weighted by Gasteiger charge is -1.82. The molecule has 0 rings (SSSR count). The first-order valence-electron chi connectivity index (χ1n) is 2.59. The predicted octanol–water partition coefficient (Wildman–Crippen LogP) is 2.38. The van der Waals surface area contributed by atoms with E-state index in [1.54, 1.807) is 13.3 Å². The zero-order chi connectivity index (χ0) is 6.41. The predicted molar refractivity (Wildman–Crippen MR) is 41.7 cm³/mol. The number of rotatable bonds is 2. The van der Waals surface area contributed by atoms with Gasteiger partial charge in [0.25, 0.3) is 0 Å². The van der Waals surface area contributed by atoms with Crippen LogP contribution in [0.15, 0.2) is 15.6 Å². The molecule has 0 bridgehead atoms. The molecule has 0 aromatic heterocycles. The van der Waals surface area contributed by atoms with Gasteiger partial charge >= 0.3 is 0 Å². The average Bonchev–Trinajstić information content (AvgIpc) is 1.68. The minimum absolute atomic E-state index is 1.05. The number of halogens is 1. The molecule has 0 amide bonds. The number of allylic oxidation sites excluding steroid dienone is 2. The van der Waals surface area contributed by atoms with E-state index in [-0.39, 0.29) is 0 Å². The molecular formula is C6H10BrN. The van der Waals surface area contributed by atoms with Gasteiger partial charge in [0.2, 0.25) is 0 Å². The number of hydrogen-bond donors (Lipinski definition) is 0. The van der Waals surface area contributed by atoms with Gasteiger partial charge in [0.1, 0.15) is 0 Å². The van der Waals surface area contributed by atoms with E-state index >= 15 is 0 Å². The van der Waals surface area contributed by atoms with Gasteiger partial charge in [-0.1, -0.05) is 13.0 Å². The molecule has 0 aromatic carbocycles. The second kappa shape index (κ2) is 5.04. The van der Waals surface area contributed by atoms with Crippen molar-refractivity contribution in [1.82, 2.24) is 0 Å². The monoisotopic (exact) mass is 175 g/mol. The summed E-state index contributed by atoms with van der Waals surface area (Å²) in [7, 11) is 1.75. The van der Waals surface area contributed by atoms with Crippen molar-refractivity contribution >= 4 is 22.1 Å². The highest BCUT2D eigenvalue weighted by molar-refractivity contribution is 9.12. The Morgan fingerprint density at radius 3 is 2.75 bits per heavy atom. The summed E-state index contributed by atoms with van der Waals surface area (Å²) < 4.78 is 1.06. The van der Waals surface area contributed by atoms with E-state index in [1.807, 2.05) is 0 Å². The van der Waals surface area contributed by atoms with Crippen LogP contribution in [0.25, 0.3) is 0 Å². The Balaban J connectivity index is 3.61. The minimum Gasteiger partial charge on any atom is -0.295 e. The lowest BCUT2D eigenvalue weighted by Crippen LogP contribution is -1.70. The van der Waals surface area contributed by atoms with Gasteiger partial charge in [-0.25, -0.2) is 0 Å². The van der Waals surface area contributed by atoms with Crippen LogP contribution in [0, 0.1) is 0 Å². The highest BCUT2D eigenvalue weighted by Gasteiger charge is 1.77. The quantitative estimate of drug-likeness (QED) is 0.572. The smallest absolute Gasteiger partial charge is 0.0347 e. The molecule has 0 radical (unpaired) electrons. The van der Waals surface area contributed by atoms with Crippen LogP contribution < -0.4 is 0 Å². The third-order valence-electron chi connectivity index (χ3n) is 0.652. The second-order valence-electron chi connectivity index (χ2n) is 1.38. The number of aliphatic imine (C=N–C) groups is 1. The summed E-state index contributed by atoms with van der Waals surface area (Å²) in [6.45, 7) is 2.09. The number of hydrogen-bond acceptors (Lipinski definition) is 1. The Morgan fingerprint density at radius 2 is 2.38 bits per heavy atom. The van der Waals surface area contributed by atoms with Gasteiger partial charge in [-0.3, -0.25) is 4.99 Å². The Bertz CT molecular complexity index is 105. The standard InChI is InChI=1S/C6H10BrN/c1-3-4-6(7)5-8-2/h4-5H,3H2,1-2H3/b6-4+,8-5-. The fraction of sp³-hybridized carbons (Fsp3) is 0.500. The second-order valence-corrected chi connectivity index (χ2v) is 2.30. The van der Waals surface area contributed by atoms with Crippen LogP contribution in [0.1, 0.15) is 13.3 Å². The van der Waals surface area contributed by atoms with E-state index in [0.29, 0.717) is 0 Å². The zero-order valence-corrected chi connectivity index (χ0v) is 6.77. The van der Waals surface area contributed by atoms with Crippen molar-refractivity contribution in [2.75, 3.05) is 7.05 Å². The maximum absolute atomic E-state index is 3.81. The molecule has 8 heavy (non-hydrogen) atoms. The van der Waals surface area contributed by atoms with Crippen LogP contribution in [-0.4, -0.2) is 13.3 Å². The van der Waals surface area contributed by atoms with Crippen LogP contribution in [0.5, 0.6) is 0 Å². The molecule has 0 aromatic rings. The van der Waals surface area contributed by atoms with Gasteiger partial charge in [-0.05, 0) is 22.4 Å². The third kappa shape index (κ3) is 4.06. The molecular weight excluding hydrogens is 166 g/mol. The summed E-state index contributed by atoms with van der Waals surface area (Å²) in [4.78, 5) is 3.81. The van der Waals surface area contributed by atoms with Crippen molar-refractivity contribution in [3.8, 4) is 0 Å². The molecule has 46 valence electrons. The first-order valence-corrected chi connectivity index (χ1v) is 3.38. The molecule has 0 unspecified atom stereocenters. The topological polar surface area (TPSA) is 12.4 Å². The van der Waals surface area contributed by atoms with E-state index in [0.717, 1.165) is 10.9 Å². The highest BCUT2D eigenvalue weighted by Crippen LogP contribution is 2.01. The minimum atomic E-state index is 1.05. The molecule has 0 fully saturated rings. The summed E-state index contributed by atoms with van der Waals surface area (Å²) in [5.74, 6) is 0. The molecule has 0 atom stereocenters. The van der Waals surface area contributed by atoms with Crippen molar-refractivity contribution < 1.29 is 0 Å². The molecule has 0 spiro atoms. The van der Waals surface area contributed by atoms with E-state index in [9.17, 15) is 0 Å². The van der Waals surface area contributed by atoms with Crippen LogP contribution in [0.2, 0.25) is 0 Å². The summed E-state index contributed by atoms with van der Waals surface area (Å²) >= 11 is 3.31. The summed E-state index contributed by atoms with van der Waals surface area (Å²) in [5, 5.41) is 0. The van der Waals surface area contributed by atoms with Gasteiger partial charge in [-0.2, -0.15) is 0 Å². The normalized spacial score (nSPS) is 13.1. The molecule has 0 aliphatic carbocycles. The molecule has 0 heterocycles. The van der Waals surface area contributed by atoms with Crippen molar-refractivity contribution in [2.24, 2.45) is 4.99 Å². The fourth-order valence-corrected chi connectivity index (χ4v) is 0.900. The van der Waals surface area contributed by atoms with Crippen molar-refractivity contribution in [3.05, 3.63) is 10.6 Å². The van der Waals surface area contributed by atoms with Crippen LogP contribution >= 0.6 is 15.9 Å². The molecule has 0 aliphatic rings. The van der Waals surface area contributed by atoms with Gasteiger partial charge in [-0.15, -0.1) is 0 Å². The average molecular weight is 176 g/mol. The van der Waals surface area contributed by atoms with Crippen LogP contribution in [-0.2, 0) is 0 Å². The van der Waals surface area contributed by atoms with Crippen LogP contribution in [0.3, 0.4) is 0 Å². The van der Waals surface area contributed by atoms with Crippen LogP contribution in [0.4, 0.5) is 0 Å². The Morgan fingerprint density at radius 1 is 1.75 bits per heavy atom. The molecule has 0 aliphatic heterocycles. The Kier molecular flexibility index (Phi) is 4.97. The highest BCUT2D eigenvalue weighted by atomic mass is 79.9. The fourth-order valence-electron chi connectivity index (χ4n) is 0.371. The van der Waals surface area contributed by atoms with Crippen molar-refractivity contribution in [3.63, 3.8) is 0 Å². The molecule has 0 saturated carbocycles. The summed E-state index contributed by atoms with van der Waals surface area (Å²) in [6, 6.07) is 0. The third-order valence-corrected chi connectivity index (χ3v) is 1.18. The zero-order valence-electron chi connectivity index (χ0n) is 5.19. The van der Waals surface area contributed by atoms with Gasteiger partial charge in [0.15, 0.2) is 0 Å². The maximum atomic E-state index is 3.81. The largest absolute Gasteiger partial charge is 0.295 e. The Hall–Kier alpha value is -0.110. The van der Waals surface area contributed by atoms with E-state index < -0.39 is 0 Å². The molecule has 1 nitrogen and oxygen atoms in total. The SMILES string of the molecule is CC/C=C(Br)\C=N/C. The lowest BCUT2D eigenvalue weighted by atomic mass is 10.4. The summed E-state index contributed by atoms with van der Waals surface area (Å²) in [5.41, 5.74) is 0. The molecule has 2 heteroatoms. The Labute approximate surface area is 58.6 Å². The van der Waals surface area contributed by atoms with Crippen molar-refractivity contribution in [1.29, 1.82) is 0 Å².